The third-order valence-electron chi connectivity index (χ3n) is 4.67. The van der Waals surface area contributed by atoms with Gasteiger partial charge in [0.25, 0.3) is 0 Å². The van der Waals surface area contributed by atoms with Crippen LogP contribution < -0.4 is 10.6 Å². The molecule has 2 N–H and O–H groups in total. The zero-order valence-electron chi connectivity index (χ0n) is 12.5. The first kappa shape index (κ1) is 13.6. The Bertz CT molecular complexity index is 475. The van der Waals surface area contributed by atoms with Gasteiger partial charge < -0.3 is 10.6 Å². The largest absolute Gasteiger partial charge is 0.383 e. The Balaban J connectivity index is 1.89. The molecular formula is C15H25N5. The summed E-state index contributed by atoms with van der Waals surface area (Å²) in [4.78, 5) is 13.8. The molecule has 2 aliphatic rings. The summed E-state index contributed by atoms with van der Waals surface area (Å²) in [5, 5.41) is 0. The average molecular weight is 275 g/mol. The van der Waals surface area contributed by atoms with Gasteiger partial charge in [-0.15, -0.1) is 0 Å². The molecule has 2 unspecified atom stereocenters. The molecule has 0 aromatic carbocycles. The zero-order chi connectivity index (χ0) is 14.1. The van der Waals surface area contributed by atoms with Gasteiger partial charge >= 0.3 is 0 Å². The van der Waals surface area contributed by atoms with Crippen LogP contribution in [0.4, 0.5) is 11.6 Å². The van der Waals surface area contributed by atoms with Crippen molar-refractivity contribution in [3.63, 3.8) is 0 Å². The molecule has 20 heavy (non-hydrogen) atoms. The fourth-order valence-corrected chi connectivity index (χ4v) is 3.64. The number of nitrogens with two attached hydrogens (primary N) is 1. The van der Waals surface area contributed by atoms with Gasteiger partial charge in [-0.05, 0) is 32.7 Å². The number of hydrogen-bond donors (Lipinski definition) is 1. The van der Waals surface area contributed by atoms with Crippen molar-refractivity contribution in [3.8, 4) is 0 Å². The van der Waals surface area contributed by atoms with Gasteiger partial charge in [0.15, 0.2) is 0 Å². The van der Waals surface area contributed by atoms with Gasteiger partial charge in [-0.3, -0.25) is 4.90 Å². The number of nitrogen functional groups attached to an aromatic ring is 1. The first-order valence-electron chi connectivity index (χ1n) is 7.80. The second kappa shape index (κ2) is 5.56. The number of rotatable bonds is 3. The second-order valence-electron chi connectivity index (χ2n) is 6.10. The molecule has 0 amide bonds. The van der Waals surface area contributed by atoms with Crippen LogP contribution in [0.1, 0.15) is 38.7 Å². The molecule has 1 aromatic heterocycles. The van der Waals surface area contributed by atoms with E-state index in [-0.39, 0.29) is 0 Å². The highest BCUT2D eigenvalue weighted by atomic mass is 15.3. The Labute approximate surface area is 121 Å². The van der Waals surface area contributed by atoms with Crippen molar-refractivity contribution in [2.45, 2.75) is 51.6 Å². The van der Waals surface area contributed by atoms with Gasteiger partial charge in [0.05, 0.1) is 0 Å². The topological polar surface area (TPSA) is 58.3 Å². The highest BCUT2D eigenvalue weighted by molar-refractivity contribution is 5.57. The lowest BCUT2D eigenvalue weighted by Gasteiger charge is -2.43. The molecule has 2 aliphatic heterocycles. The summed E-state index contributed by atoms with van der Waals surface area (Å²) in [6, 6.07) is 1.19. The van der Waals surface area contributed by atoms with E-state index in [1.807, 2.05) is 0 Å². The van der Waals surface area contributed by atoms with Gasteiger partial charge in [0, 0.05) is 30.7 Å². The summed E-state index contributed by atoms with van der Waals surface area (Å²) in [5.41, 5.74) is 7.21. The van der Waals surface area contributed by atoms with E-state index in [1.165, 1.54) is 19.4 Å². The maximum absolute atomic E-state index is 6.08. The fraction of sp³-hybridized carbons (Fsp3) is 0.733. The Morgan fingerprint density at radius 1 is 1.35 bits per heavy atom. The lowest BCUT2D eigenvalue weighted by molar-refractivity contribution is 0.202. The van der Waals surface area contributed by atoms with E-state index >= 15 is 0 Å². The van der Waals surface area contributed by atoms with Crippen molar-refractivity contribution in [1.82, 2.24) is 14.9 Å². The molecule has 3 heterocycles. The van der Waals surface area contributed by atoms with Gasteiger partial charge in [-0.2, -0.15) is 0 Å². The number of fused-ring (bicyclic) bond motifs is 1. The highest BCUT2D eigenvalue weighted by Crippen LogP contribution is 2.31. The lowest BCUT2D eigenvalue weighted by atomic mass is 10.1. The molecule has 0 radical (unpaired) electrons. The van der Waals surface area contributed by atoms with Crippen LogP contribution in [0.15, 0.2) is 6.33 Å². The molecule has 0 saturated carbocycles. The van der Waals surface area contributed by atoms with Crippen molar-refractivity contribution in [3.05, 3.63) is 11.9 Å². The van der Waals surface area contributed by atoms with E-state index in [1.54, 1.807) is 6.33 Å². The first-order chi connectivity index (χ1) is 9.70. The predicted molar refractivity (Wildman–Crippen MR) is 81.8 cm³/mol. The van der Waals surface area contributed by atoms with Crippen molar-refractivity contribution < 1.29 is 0 Å². The lowest BCUT2D eigenvalue weighted by Crippen LogP contribution is -2.55. The number of nitrogens with zero attached hydrogens (tertiary/aromatic N) is 4. The number of hydrogen-bond acceptors (Lipinski definition) is 5. The van der Waals surface area contributed by atoms with Gasteiger partial charge in [-0.25, -0.2) is 9.97 Å². The third kappa shape index (κ3) is 2.35. The van der Waals surface area contributed by atoms with Crippen LogP contribution in [0, 0.1) is 0 Å². The molecule has 0 aliphatic carbocycles. The quantitative estimate of drug-likeness (QED) is 0.909. The van der Waals surface area contributed by atoms with E-state index in [9.17, 15) is 0 Å². The number of aromatic nitrogens is 2. The van der Waals surface area contributed by atoms with Gasteiger partial charge in [-0.1, -0.05) is 13.3 Å². The number of anilines is 2. The molecule has 2 fully saturated rings. The standard InChI is InChI=1S/C15H25N5/c1-3-5-13-14(16)17-10-18-15(13)20-9-12-6-4-7-19(12)8-11(20)2/h10-12H,3-9H2,1-2H3,(H2,16,17,18). The normalized spacial score (nSPS) is 26.8. The molecule has 2 atom stereocenters. The molecule has 3 rings (SSSR count). The van der Waals surface area contributed by atoms with Crippen molar-refractivity contribution in [1.29, 1.82) is 0 Å². The Morgan fingerprint density at radius 3 is 3.00 bits per heavy atom. The minimum Gasteiger partial charge on any atom is -0.383 e. The zero-order valence-corrected chi connectivity index (χ0v) is 12.5. The molecule has 1 aromatic rings. The minimum absolute atomic E-state index is 0.495. The van der Waals surface area contributed by atoms with E-state index < -0.39 is 0 Å². The predicted octanol–water partition coefficient (Wildman–Crippen LogP) is 1.68. The monoisotopic (exact) mass is 275 g/mol. The van der Waals surface area contributed by atoms with E-state index in [0.29, 0.717) is 17.9 Å². The highest BCUT2D eigenvalue weighted by Gasteiger charge is 2.35. The smallest absolute Gasteiger partial charge is 0.137 e. The van der Waals surface area contributed by atoms with Crippen molar-refractivity contribution in [2.24, 2.45) is 0 Å². The van der Waals surface area contributed by atoms with Crippen molar-refractivity contribution >= 4 is 11.6 Å². The summed E-state index contributed by atoms with van der Waals surface area (Å²) < 4.78 is 0. The Hall–Kier alpha value is -1.36. The maximum Gasteiger partial charge on any atom is 0.137 e. The molecule has 5 heteroatoms. The van der Waals surface area contributed by atoms with E-state index in [2.05, 4.69) is 33.6 Å². The van der Waals surface area contributed by atoms with Gasteiger partial charge in [0.1, 0.15) is 18.0 Å². The summed E-state index contributed by atoms with van der Waals surface area (Å²) in [6.45, 7) is 7.95. The third-order valence-corrected chi connectivity index (χ3v) is 4.67. The Kier molecular flexibility index (Phi) is 3.78. The van der Waals surface area contributed by atoms with Crippen molar-refractivity contribution in [2.75, 3.05) is 30.3 Å². The number of piperazine rings is 1. The van der Waals surface area contributed by atoms with Crippen LogP contribution in [0.3, 0.4) is 0 Å². The minimum atomic E-state index is 0.495. The van der Waals surface area contributed by atoms with Crippen LogP contribution >= 0.6 is 0 Å². The summed E-state index contributed by atoms with van der Waals surface area (Å²) in [6.07, 6.45) is 6.28. The fourth-order valence-electron chi connectivity index (χ4n) is 3.64. The Morgan fingerprint density at radius 2 is 2.20 bits per heavy atom. The molecule has 0 bridgehead atoms. The first-order valence-corrected chi connectivity index (χ1v) is 7.80. The van der Waals surface area contributed by atoms with Gasteiger partial charge in [0.2, 0.25) is 0 Å². The van der Waals surface area contributed by atoms with Crippen LogP contribution in [0.5, 0.6) is 0 Å². The average Bonchev–Trinajstić information content (AvgIpc) is 2.87. The second-order valence-corrected chi connectivity index (χ2v) is 6.10. The summed E-state index contributed by atoms with van der Waals surface area (Å²) in [7, 11) is 0. The van der Waals surface area contributed by atoms with Crippen LogP contribution in [-0.4, -0.2) is 46.6 Å². The summed E-state index contributed by atoms with van der Waals surface area (Å²) in [5.74, 6) is 1.72. The molecule has 2 saturated heterocycles. The van der Waals surface area contributed by atoms with E-state index in [0.717, 1.165) is 37.3 Å². The molecule has 5 nitrogen and oxygen atoms in total. The SMILES string of the molecule is CCCc1c(N)ncnc1N1CC2CCCN2CC1C. The molecule has 110 valence electrons. The molecular weight excluding hydrogens is 250 g/mol. The van der Waals surface area contributed by atoms with Crippen LogP contribution in [0.2, 0.25) is 0 Å². The summed E-state index contributed by atoms with van der Waals surface area (Å²) >= 11 is 0. The molecule has 0 spiro atoms. The maximum atomic E-state index is 6.08. The van der Waals surface area contributed by atoms with Crippen LogP contribution in [-0.2, 0) is 6.42 Å². The van der Waals surface area contributed by atoms with Crippen LogP contribution in [0.25, 0.3) is 0 Å². The van der Waals surface area contributed by atoms with E-state index in [4.69, 9.17) is 5.73 Å².